The molecule has 1 aromatic rings. The summed E-state index contributed by atoms with van der Waals surface area (Å²) in [4.78, 5) is 12.1. The molecule has 1 amide bonds. The molecule has 1 aromatic carbocycles. The molecule has 8 heteroatoms. The van der Waals surface area contributed by atoms with Gasteiger partial charge in [-0.2, -0.15) is 0 Å². The maximum atomic E-state index is 12.1. The van der Waals surface area contributed by atoms with Crippen molar-refractivity contribution >= 4 is 34.0 Å². The summed E-state index contributed by atoms with van der Waals surface area (Å²) in [6.07, 6.45) is 2.27. The normalized spacial score (nSPS) is 21.7. The molecule has 0 spiro atoms. The fourth-order valence-electron chi connectivity index (χ4n) is 2.48. The van der Waals surface area contributed by atoms with Crippen LogP contribution in [0.25, 0.3) is 0 Å². The molecule has 1 fully saturated rings. The number of carbonyl (C=O) groups is 1. The zero-order valence-corrected chi connectivity index (χ0v) is 13.3. The lowest BCUT2D eigenvalue weighted by molar-refractivity contribution is -0.119. The first-order valence-electron chi connectivity index (χ1n) is 6.47. The van der Waals surface area contributed by atoms with Crippen molar-refractivity contribution in [3.05, 3.63) is 23.8 Å². The Morgan fingerprint density at radius 3 is 2.52 bits per heavy atom. The van der Waals surface area contributed by atoms with Crippen LogP contribution in [0.5, 0.6) is 0 Å². The molecule has 2 unspecified atom stereocenters. The number of benzene rings is 1. The summed E-state index contributed by atoms with van der Waals surface area (Å²) < 4.78 is 22.9. The average Bonchev–Trinajstić information content (AvgIpc) is 2.77. The minimum atomic E-state index is -3.79. The van der Waals surface area contributed by atoms with Crippen LogP contribution >= 0.6 is 12.4 Å². The second kappa shape index (κ2) is 6.74. The van der Waals surface area contributed by atoms with Gasteiger partial charge >= 0.3 is 0 Å². The van der Waals surface area contributed by atoms with E-state index < -0.39 is 10.0 Å². The standard InChI is InChI=1S/C13H19N3O3S.ClH/c1-8-2-5-11(7-12(8)20(15,18)19)16-13(17)9-3-4-10(14)6-9;/h2,5,7,9-10H,3-4,6,14H2,1H3,(H,16,17)(H2,15,18,19);1H. The van der Waals surface area contributed by atoms with Crippen LogP contribution in [0.1, 0.15) is 24.8 Å². The second-order valence-electron chi connectivity index (χ2n) is 5.28. The molecule has 5 N–H and O–H groups in total. The van der Waals surface area contributed by atoms with Gasteiger partial charge in [0.05, 0.1) is 4.90 Å². The highest BCUT2D eigenvalue weighted by atomic mass is 35.5. The maximum absolute atomic E-state index is 12.1. The van der Waals surface area contributed by atoms with Gasteiger partial charge < -0.3 is 11.1 Å². The van der Waals surface area contributed by atoms with E-state index in [1.54, 1.807) is 19.1 Å². The second-order valence-corrected chi connectivity index (χ2v) is 6.81. The summed E-state index contributed by atoms with van der Waals surface area (Å²) in [5.74, 6) is -0.230. The Morgan fingerprint density at radius 1 is 1.33 bits per heavy atom. The van der Waals surface area contributed by atoms with E-state index >= 15 is 0 Å². The van der Waals surface area contributed by atoms with E-state index in [9.17, 15) is 13.2 Å². The zero-order valence-electron chi connectivity index (χ0n) is 11.7. The van der Waals surface area contributed by atoms with Crippen molar-refractivity contribution in [3.63, 3.8) is 0 Å². The van der Waals surface area contributed by atoms with Gasteiger partial charge in [-0.1, -0.05) is 6.07 Å². The third-order valence-electron chi connectivity index (χ3n) is 3.61. The average molecular weight is 334 g/mol. The molecule has 6 nitrogen and oxygen atoms in total. The van der Waals surface area contributed by atoms with Crippen LogP contribution in [0.3, 0.4) is 0 Å². The first-order chi connectivity index (χ1) is 9.27. The van der Waals surface area contributed by atoms with Crippen LogP contribution in [0.15, 0.2) is 23.1 Å². The predicted molar refractivity (Wildman–Crippen MR) is 83.7 cm³/mol. The van der Waals surface area contributed by atoms with Gasteiger partial charge in [0.15, 0.2) is 0 Å². The Kier molecular flexibility index (Phi) is 5.75. The Bertz CT molecular complexity index is 634. The number of aryl methyl sites for hydroxylation is 1. The molecule has 0 saturated heterocycles. The number of amides is 1. The van der Waals surface area contributed by atoms with E-state index in [0.29, 0.717) is 17.7 Å². The van der Waals surface area contributed by atoms with Crippen LogP contribution in [0.2, 0.25) is 0 Å². The monoisotopic (exact) mass is 333 g/mol. The molecule has 21 heavy (non-hydrogen) atoms. The number of halogens is 1. The Labute approximate surface area is 130 Å². The summed E-state index contributed by atoms with van der Waals surface area (Å²) in [6, 6.07) is 4.74. The van der Waals surface area contributed by atoms with Crippen molar-refractivity contribution < 1.29 is 13.2 Å². The van der Waals surface area contributed by atoms with E-state index in [0.717, 1.165) is 12.8 Å². The summed E-state index contributed by atoms with van der Waals surface area (Å²) >= 11 is 0. The summed E-state index contributed by atoms with van der Waals surface area (Å²) in [6.45, 7) is 1.65. The topological polar surface area (TPSA) is 115 Å². The molecule has 0 aliphatic heterocycles. The molecule has 118 valence electrons. The fourth-order valence-corrected chi connectivity index (χ4v) is 3.29. The molecule has 1 aliphatic rings. The maximum Gasteiger partial charge on any atom is 0.238 e. The van der Waals surface area contributed by atoms with Gasteiger partial charge in [-0.25, -0.2) is 13.6 Å². The number of hydrogen-bond donors (Lipinski definition) is 3. The SMILES string of the molecule is Cc1ccc(NC(=O)C2CCC(N)C2)cc1S(N)(=O)=O.Cl. The highest BCUT2D eigenvalue weighted by Gasteiger charge is 2.27. The number of rotatable bonds is 3. The number of hydrogen-bond acceptors (Lipinski definition) is 4. The van der Waals surface area contributed by atoms with E-state index in [-0.39, 0.29) is 35.2 Å². The molecule has 0 heterocycles. The van der Waals surface area contributed by atoms with E-state index in [1.807, 2.05) is 0 Å². The molecule has 0 radical (unpaired) electrons. The first-order valence-corrected chi connectivity index (χ1v) is 8.02. The molecule has 1 aliphatic carbocycles. The van der Waals surface area contributed by atoms with Gasteiger partial charge in [-0.3, -0.25) is 4.79 Å². The van der Waals surface area contributed by atoms with Gasteiger partial charge in [0.2, 0.25) is 15.9 Å². The van der Waals surface area contributed by atoms with Gasteiger partial charge in [0, 0.05) is 17.6 Å². The van der Waals surface area contributed by atoms with Crippen LogP contribution < -0.4 is 16.2 Å². The summed E-state index contributed by atoms with van der Waals surface area (Å²) in [7, 11) is -3.79. The van der Waals surface area contributed by atoms with E-state index in [4.69, 9.17) is 10.9 Å². The van der Waals surface area contributed by atoms with Crippen LogP contribution in [-0.2, 0) is 14.8 Å². The largest absolute Gasteiger partial charge is 0.328 e. The number of carbonyl (C=O) groups excluding carboxylic acids is 1. The lowest BCUT2D eigenvalue weighted by Gasteiger charge is -2.12. The minimum absolute atomic E-state index is 0. The van der Waals surface area contributed by atoms with Crippen LogP contribution in [0.4, 0.5) is 5.69 Å². The van der Waals surface area contributed by atoms with Gasteiger partial charge in [-0.05, 0) is 43.9 Å². The van der Waals surface area contributed by atoms with Crippen molar-refractivity contribution in [2.75, 3.05) is 5.32 Å². The summed E-state index contributed by atoms with van der Waals surface area (Å²) in [5.41, 5.74) is 6.77. The molecule has 2 rings (SSSR count). The van der Waals surface area contributed by atoms with Crippen molar-refractivity contribution in [2.45, 2.75) is 37.1 Å². The zero-order chi connectivity index (χ0) is 14.9. The Morgan fingerprint density at radius 2 is 2.00 bits per heavy atom. The molecule has 1 saturated carbocycles. The molecular formula is C13H20ClN3O3S. The summed E-state index contributed by atoms with van der Waals surface area (Å²) in [5, 5.41) is 7.87. The number of primary sulfonamides is 1. The van der Waals surface area contributed by atoms with Crippen molar-refractivity contribution in [2.24, 2.45) is 16.8 Å². The van der Waals surface area contributed by atoms with Crippen molar-refractivity contribution in [3.8, 4) is 0 Å². The molecule has 0 aromatic heterocycles. The fraction of sp³-hybridized carbons (Fsp3) is 0.462. The van der Waals surface area contributed by atoms with E-state index in [1.165, 1.54) is 6.07 Å². The van der Waals surface area contributed by atoms with E-state index in [2.05, 4.69) is 5.32 Å². The van der Waals surface area contributed by atoms with Crippen LogP contribution in [-0.4, -0.2) is 20.4 Å². The number of nitrogens with two attached hydrogens (primary N) is 2. The smallest absolute Gasteiger partial charge is 0.238 e. The molecular weight excluding hydrogens is 314 g/mol. The molecule has 2 atom stereocenters. The van der Waals surface area contributed by atoms with Crippen molar-refractivity contribution in [1.29, 1.82) is 0 Å². The predicted octanol–water partition coefficient (Wildman–Crippen LogP) is 1.13. The number of anilines is 1. The number of nitrogens with one attached hydrogen (secondary N) is 1. The van der Waals surface area contributed by atoms with Gasteiger partial charge in [-0.15, -0.1) is 12.4 Å². The van der Waals surface area contributed by atoms with Crippen molar-refractivity contribution in [1.82, 2.24) is 0 Å². The first kappa shape index (κ1) is 17.9. The third-order valence-corrected chi connectivity index (χ3v) is 4.66. The Balaban J connectivity index is 0.00000220. The molecule has 0 bridgehead atoms. The minimum Gasteiger partial charge on any atom is -0.328 e. The lowest BCUT2D eigenvalue weighted by Crippen LogP contribution is -2.23. The number of sulfonamides is 1. The quantitative estimate of drug-likeness (QED) is 0.768. The van der Waals surface area contributed by atoms with Crippen LogP contribution in [0, 0.1) is 12.8 Å². The highest BCUT2D eigenvalue weighted by molar-refractivity contribution is 7.89. The highest BCUT2D eigenvalue weighted by Crippen LogP contribution is 2.26. The third kappa shape index (κ3) is 4.41. The van der Waals surface area contributed by atoms with Gasteiger partial charge in [0.25, 0.3) is 0 Å². The Hall–Kier alpha value is -1.15. The lowest BCUT2D eigenvalue weighted by atomic mass is 10.1. The van der Waals surface area contributed by atoms with Gasteiger partial charge in [0.1, 0.15) is 0 Å².